The number of hydrogen-bond acceptors (Lipinski definition) is 4. The number of amides is 3. The van der Waals surface area contributed by atoms with Gasteiger partial charge in [-0.05, 0) is 33.1 Å². The summed E-state index contributed by atoms with van der Waals surface area (Å²) in [5.41, 5.74) is 1.10. The Labute approximate surface area is 148 Å². The molecule has 7 heteroatoms. The second-order valence-corrected chi connectivity index (χ2v) is 7.89. The van der Waals surface area contributed by atoms with E-state index in [-0.39, 0.29) is 17.9 Å². The molecule has 134 valence electrons. The molecule has 1 aromatic heterocycles. The van der Waals surface area contributed by atoms with Crippen LogP contribution in [0.2, 0.25) is 0 Å². The SMILES string of the molecule is Cc1nc(CCCNC(=O)[C@@H]2CCCN(C(=O)N(C)C)C2)sc1C. The summed E-state index contributed by atoms with van der Waals surface area (Å²) in [5, 5.41) is 4.16. The number of aromatic nitrogens is 1. The Morgan fingerprint density at radius 3 is 2.75 bits per heavy atom. The molecule has 0 aromatic carbocycles. The van der Waals surface area contributed by atoms with E-state index >= 15 is 0 Å². The van der Waals surface area contributed by atoms with Crippen molar-refractivity contribution in [1.82, 2.24) is 20.1 Å². The summed E-state index contributed by atoms with van der Waals surface area (Å²) in [6, 6.07) is -0.0120. The zero-order chi connectivity index (χ0) is 17.7. The third-order valence-electron chi connectivity index (χ3n) is 4.38. The number of likely N-dealkylation sites (tertiary alicyclic amines) is 1. The Hall–Kier alpha value is -1.63. The van der Waals surface area contributed by atoms with E-state index in [9.17, 15) is 9.59 Å². The normalized spacial score (nSPS) is 17.7. The number of hydrogen-bond donors (Lipinski definition) is 1. The van der Waals surface area contributed by atoms with Crippen LogP contribution in [0.15, 0.2) is 0 Å². The van der Waals surface area contributed by atoms with E-state index in [2.05, 4.69) is 17.2 Å². The standard InChI is InChI=1S/C17H28N4O2S/c1-12-13(2)24-15(19-12)8-5-9-18-16(22)14-7-6-10-21(11-14)17(23)20(3)4/h14H,5-11H2,1-4H3,(H,18,22)/t14-/m1/s1. The molecule has 24 heavy (non-hydrogen) atoms. The van der Waals surface area contributed by atoms with E-state index in [1.807, 2.05) is 6.92 Å². The summed E-state index contributed by atoms with van der Waals surface area (Å²) in [6.07, 6.45) is 3.53. The molecule has 0 aliphatic carbocycles. The van der Waals surface area contributed by atoms with Gasteiger partial charge in [-0.25, -0.2) is 9.78 Å². The van der Waals surface area contributed by atoms with Crippen LogP contribution in [0, 0.1) is 19.8 Å². The Bertz CT molecular complexity index is 566. The third kappa shape index (κ3) is 4.93. The lowest BCUT2D eigenvalue weighted by molar-refractivity contribution is -0.126. The van der Waals surface area contributed by atoms with Crippen LogP contribution in [0.1, 0.15) is 34.8 Å². The van der Waals surface area contributed by atoms with Crippen molar-refractivity contribution in [2.24, 2.45) is 5.92 Å². The molecule has 0 radical (unpaired) electrons. The van der Waals surface area contributed by atoms with E-state index in [1.165, 1.54) is 4.88 Å². The summed E-state index contributed by atoms with van der Waals surface area (Å²) < 4.78 is 0. The molecule has 1 aliphatic rings. The Morgan fingerprint density at radius 2 is 2.12 bits per heavy atom. The molecule has 3 amide bonds. The molecule has 1 fully saturated rings. The molecule has 0 saturated carbocycles. The first-order valence-corrected chi connectivity index (χ1v) is 9.37. The largest absolute Gasteiger partial charge is 0.356 e. The van der Waals surface area contributed by atoms with Crippen LogP contribution in [0.25, 0.3) is 0 Å². The van der Waals surface area contributed by atoms with Crippen molar-refractivity contribution < 1.29 is 9.59 Å². The topological polar surface area (TPSA) is 65.5 Å². The van der Waals surface area contributed by atoms with Crippen LogP contribution in [0.3, 0.4) is 0 Å². The van der Waals surface area contributed by atoms with Crippen LogP contribution in [0.4, 0.5) is 4.79 Å². The second kappa shape index (κ2) is 8.46. The maximum absolute atomic E-state index is 12.3. The lowest BCUT2D eigenvalue weighted by Crippen LogP contribution is -2.48. The summed E-state index contributed by atoms with van der Waals surface area (Å²) in [4.78, 5) is 33.5. The van der Waals surface area contributed by atoms with Gasteiger partial charge >= 0.3 is 6.03 Å². The van der Waals surface area contributed by atoms with Crippen molar-refractivity contribution in [3.8, 4) is 0 Å². The number of nitrogens with one attached hydrogen (secondary N) is 1. The zero-order valence-electron chi connectivity index (χ0n) is 15.1. The van der Waals surface area contributed by atoms with E-state index < -0.39 is 0 Å². The predicted molar refractivity (Wildman–Crippen MR) is 96.3 cm³/mol. The van der Waals surface area contributed by atoms with Gasteiger partial charge in [-0.15, -0.1) is 11.3 Å². The van der Waals surface area contributed by atoms with E-state index in [0.29, 0.717) is 13.1 Å². The van der Waals surface area contributed by atoms with Crippen LogP contribution in [-0.2, 0) is 11.2 Å². The number of carbonyl (C=O) groups is 2. The Kier molecular flexibility index (Phi) is 6.60. The van der Waals surface area contributed by atoms with E-state index in [4.69, 9.17) is 0 Å². The smallest absolute Gasteiger partial charge is 0.319 e. The minimum atomic E-state index is -0.0907. The average molecular weight is 353 g/mol. The minimum absolute atomic E-state index is 0.0120. The van der Waals surface area contributed by atoms with Gasteiger partial charge in [-0.3, -0.25) is 4.79 Å². The van der Waals surface area contributed by atoms with Gasteiger partial charge in [0.15, 0.2) is 0 Å². The molecule has 2 heterocycles. The second-order valence-electron chi connectivity index (χ2n) is 6.61. The molecule has 6 nitrogen and oxygen atoms in total. The number of nitrogens with zero attached hydrogens (tertiary/aromatic N) is 3. The molecule has 1 aliphatic heterocycles. The van der Waals surface area contributed by atoms with Crippen molar-refractivity contribution in [1.29, 1.82) is 0 Å². The van der Waals surface area contributed by atoms with Gasteiger partial charge in [-0.2, -0.15) is 0 Å². The van der Waals surface area contributed by atoms with Crippen molar-refractivity contribution in [2.45, 2.75) is 39.5 Å². The first kappa shape index (κ1) is 18.7. The van der Waals surface area contributed by atoms with Gasteiger partial charge in [0.2, 0.25) is 5.91 Å². The summed E-state index contributed by atoms with van der Waals surface area (Å²) in [5.74, 6) is -0.0234. The fraction of sp³-hybridized carbons (Fsp3) is 0.706. The molecule has 0 spiro atoms. The highest BCUT2D eigenvalue weighted by Gasteiger charge is 2.28. The molecular formula is C17H28N4O2S. The summed E-state index contributed by atoms with van der Waals surface area (Å²) in [7, 11) is 3.49. The number of urea groups is 1. The van der Waals surface area contributed by atoms with Crippen molar-refractivity contribution in [2.75, 3.05) is 33.7 Å². The molecule has 1 aromatic rings. The predicted octanol–water partition coefficient (Wildman–Crippen LogP) is 2.20. The average Bonchev–Trinajstić information content (AvgIpc) is 2.88. The monoisotopic (exact) mass is 352 g/mol. The highest BCUT2D eigenvalue weighted by molar-refractivity contribution is 7.11. The highest BCUT2D eigenvalue weighted by atomic mass is 32.1. The molecule has 1 saturated heterocycles. The van der Waals surface area contributed by atoms with E-state index in [0.717, 1.165) is 42.9 Å². The van der Waals surface area contributed by atoms with Gasteiger partial charge in [0, 0.05) is 45.0 Å². The Morgan fingerprint density at radius 1 is 1.38 bits per heavy atom. The highest BCUT2D eigenvalue weighted by Crippen LogP contribution is 2.19. The lowest BCUT2D eigenvalue weighted by Gasteiger charge is -2.33. The van der Waals surface area contributed by atoms with Crippen molar-refractivity contribution >= 4 is 23.3 Å². The van der Waals surface area contributed by atoms with Gasteiger partial charge in [0.05, 0.1) is 16.6 Å². The molecule has 1 N–H and O–H groups in total. The fourth-order valence-electron chi connectivity index (χ4n) is 2.89. The van der Waals surface area contributed by atoms with Crippen LogP contribution in [-0.4, -0.2) is 60.5 Å². The van der Waals surface area contributed by atoms with Gasteiger partial charge < -0.3 is 15.1 Å². The number of rotatable bonds is 5. The van der Waals surface area contributed by atoms with Crippen molar-refractivity contribution in [3.63, 3.8) is 0 Å². The van der Waals surface area contributed by atoms with Crippen LogP contribution < -0.4 is 5.32 Å². The molecule has 0 unspecified atom stereocenters. The lowest BCUT2D eigenvalue weighted by atomic mass is 9.97. The van der Waals surface area contributed by atoms with Crippen LogP contribution in [0.5, 0.6) is 0 Å². The maximum Gasteiger partial charge on any atom is 0.319 e. The molecule has 2 rings (SSSR count). The number of piperidine rings is 1. The van der Waals surface area contributed by atoms with Gasteiger partial charge in [0.1, 0.15) is 0 Å². The van der Waals surface area contributed by atoms with Crippen molar-refractivity contribution in [3.05, 3.63) is 15.6 Å². The maximum atomic E-state index is 12.3. The fourth-order valence-corrected chi connectivity index (χ4v) is 3.87. The van der Waals surface area contributed by atoms with E-state index in [1.54, 1.807) is 35.2 Å². The quantitative estimate of drug-likeness (QED) is 0.826. The van der Waals surface area contributed by atoms with Crippen LogP contribution >= 0.6 is 11.3 Å². The molecule has 1 atom stereocenters. The summed E-state index contributed by atoms with van der Waals surface area (Å²) >= 11 is 1.73. The number of carbonyl (C=O) groups excluding carboxylic acids is 2. The number of aryl methyl sites for hydroxylation is 3. The molecule has 0 bridgehead atoms. The third-order valence-corrected chi connectivity index (χ3v) is 5.52. The summed E-state index contributed by atoms with van der Waals surface area (Å²) in [6.45, 7) is 6.04. The molecular weight excluding hydrogens is 324 g/mol. The minimum Gasteiger partial charge on any atom is -0.356 e. The number of thiazole rings is 1. The first-order valence-electron chi connectivity index (χ1n) is 8.55. The van der Waals surface area contributed by atoms with Gasteiger partial charge in [-0.1, -0.05) is 0 Å². The zero-order valence-corrected chi connectivity index (χ0v) is 15.9. The first-order chi connectivity index (χ1) is 11.4. The Balaban J connectivity index is 1.72. The van der Waals surface area contributed by atoms with Gasteiger partial charge in [0.25, 0.3) is 0 Å².